The van der Waals surface area contributed by atoms with Crippen LogP contribution in [0.5, 0.6) is 0 Å². The Balaban J connectivity index is 2.14. The van der Waals surface area contributed by atoms with Gasteiger partial charge in [-0.3, -0.25) is 4.79 Å². The molecule has 1 aliphatic rings. The number of nitrogens with two attached hydrogens (primary N) is 1. The highest BCUT2D eigenvalue weighted by Gasteiger charge is 2.24. The number of nitrogen functional groups attached to an aromatic ring is 1. The Morgan fingerprint density at radius 1 is 1.19 bits per heavy atom. The van der Waals surface area contributed by atoms with Crippen LogP contribution < -0.4 is 26.8 Å². The van der Waals surface area contributed by atoms with E-state index in [4.69, 9.17) is 13.6 Å². The van der Waals surface area contributed by atoms with Gasteiger partial charge in [0.1, 0.15) is 25.0 Å². The van der Waals surface area contributed by atoms with Crippen molar-refractivity contribution in [2.75, 3.05) is 36.8 Å². The van der Waals surface area contributed by atoms with Gasteiger partial charge in [-0.05, 0) is 23.7 Å². The SMILES string of the molecule is [B]c1c(N2CCNCC2)c(F)cc2c(=O)c(C(=O)O)cn(-c3cc(N)c(F)cc3CO)c12. The van der Waals surface area contributed by atoms with Gasteiger partial charge >= 0.3 is 5.97 Å². The first-order chi connectivity index (χ1) is 15.2. The molecule has 2 heterocycles. The van der Waals surface area contributed by atoms with Gasteiger partial charge in [0.05, 0.1) is 29.2 Å². The van der Waals surface area contributed by atoms with Crippen molar-refractivity contribution < 1.29 is 23.8 Å². The van der Waals surface area contributed by atoms with Crippen LogP contribution in [0, 0.1) is 11.6 Å². The number of nitrogens with one attached hydrogen (secondary N) is 1. The van der Waals surface area contributed by atoms with Gasteiger partial charge in [0.15, 0.2) is 0 Å². The van der Waals surface area contributed by atoms with Gasteiger partial charge in [0, 0.05) is 43.3 Å². The molecular formula is C21H19BF2N4O4. The number of aromatic carboxylic acids is 1. The number of benzene rings is 2. The van der Waals surface area contributed by atoms with Gasteiger partial charge in [0.25, 0.3) is 0 Å². The minimum absolute atomic E-state index is 0.0376. The van der Waals surface area contributed by atoms with Crippen LogP contribution in [0.25, 0.3) is 16.6 Å². The summed E-state index contributed by atoms with van der Waals surface area (Å²) in [6.45, 7) is 1.54. The van der Waals surface area contributed by atoms with Crippen molar-refractivity contribution >= 4 is 41.6 Å². The van der Waals surface area contributed by atoms with Crippen LogP contribution in [0.3, 0.4) is 0 Å². The number of aromatic nitrogens is 1. The van der Waals surface area contributed by atoms with E-state index in [0.29, 0.717) is 26.2 Å². The van der Waals surface area contributed by atoms with E-state index >= 15 is 4.39 Å². The predicted octanol–water partition coefficient (Wildman–Crippen LogP) is 0.245. The molecule has 2 aromatic carbocycles. The number of carbonyl (C=O) groups is 1. The molecule has 1 aromatic heterocycles. The number of carboxylic acid groups (broad SMARTS) is 1. The second kappa shape index (κ2) is 8.25. The van der Waals surface area contributed by atoms with Crippen molar-refractivity contribution in [2.24, 2.45) is 0 Å². The minimum Gasteiger partial charge on any atom is -0.477 e. The summed E-state index contributed by atoms with van der Waals surface area (Å²) in [5.74, 6) is -3.07. The van der Waals surface area contributed by atoms with E-state index in [1.54, 1.807) is 4.90 Å². The Morgan fingerprint density at radius 3 is 2.50 bits per heavy atom. The van der Waals surface area contributed by atoms with E-state index in [0.717, 1.165) is 18.3 Å². The Morgan fingerprint density at radius 2 is 1.88 bits per heavy atom. The number of rotatable bonds is 4. The quantitative estimate of drug-likeness (QED) is 0.339. The maximum atomic E-state index is 15.1. The zero-order chi connectivity index (χ0) is 23.2. The topological polar surface area (TPSA) is 121 Å². The number of aliphatic hydroxyl groups excluding tert-OH is 1. The van der Waals surface area contributed by atoms with Crippen molar-refractivity contribution in [3.05, 3.63) is 57.4 Å². The number of piperazine rings is 1. The summed E-state index contributed by atoms with van der Waals surface area (Å²) in [5, 5.41) is 22.2. The molecule has 11 heteroatoms. The van der Waals surface area contributed by atoms with Crippen molar-refractivity contribution in [3.8, 4) is 5.69 Å². The molecule has 8 nitrogen and oxygen atoms in total. The van der Waals surface area contributed by atoms with Gasteiger partial charge in [-0.25, -0.2) is 13.6 Å². The second-order valence-electron chi connectivity index (χ2n) is 7.46. The first kappa shape index (κ1) is 21.8. The Kier molecular flexibility index (Phi) is 5.61. The molecule has 1 fully saturated rings. The summed E-state index contributed by atoms with van der Waals surface area (Å²) in [6, 6.07) is 3.16. The average molecular weight is 440 g/mol. The summed E-state index contributed by atoms with van der Waals surface area (Å²) in [5.41, 5.74) is 4.12. The van der Waals surface area contributed by atoms with E-state index < -0.39 is 35.2 Å². The zero-order valence-corrected chi connectivity index (χ0v) is 16.9. The molecule has 5 N–H and O–H groups in total. The fraction of sp³-hybridized carbons (Fsp3) is 0.238. The first-order valence-corrected chi connectivity index (χ1v) is 9.80. The largest absolute Gasteiger partial charge is 0.477 e. The average Bonchev–Trinajstić information content (AvgIpc) is 2.76. The molecule has 0 atom stereocenters. The van der Waals surface area contributed by atoms with Crippen molar-refractivity contribution in [2.45, 2.75) is 6.61 Å². The lowest BCUT2D eigenvalue weighted by atomic mass is 9.88. The lowest BCUT2D eigenvalue weighted by Gasteiger charge is -2.32. The number of aliphatic hydroxyl groups is 1. The summed E-state index contributed by atoms with van der Waals surface area (Å²) < 4.78 is 30.4. The molecule has 2 radical (unpaired) electrons. The molecule has 0 spiro atoms. The Bertz CT molecular complexity index is 1310. The van der Waals surface area contributed by atoms with Crippen molar-refractivity contribution in [1.29, 1.82) is 0 Å². The molecule has 0 bridgehead atoms. The highest BCUT2D eigenvalue weighted by atomic mass is 19.1. The number of pyridine rings is 1. The van der Waals surface area contributed by atoms with Gasteiger partial charge in [-0.15, -0.1) is 0 Å². The highest BCUT2D eigenvalue weighted by Crippen LogP contribution is 2.28. The number of halogens is 2. The molecule has 164 valence electrons. The van der Waals surface area contributed by atoms with Gasteiger partial charge in [0.2, 0.25) is 5.43 Å². The molecule has 0 saturated carbocycles. The van der Waals surface area contributed by atoms with Crippen LogP contribution in [-0.2, 0) is 6.61 Å². The number of nitrogens with zero attached hydrogens (tertiary/aromatic N) is 2. The monoisotopic (exact) mass is 440 g/mol. The summed E-state index contributed by atoms with van der Waals surface area (Å²) in [6.07, 6.45) is 1.02. The van der Waals surface area contributed by atoms with Crippen molar-refractivity contribution in [1.82, 2.24) is 9.88 Å². The van der Waals surface area contributed by atoms with E-state index in [9.17, 15) is 24.2 Å². The molecule has 1 saturated heterocycles. The Hall–Kier alpha value is -3.44. The number of hydrogen-bond donors (Lipinski definition) is 4. The lowest BCUT2D eigenvalue weighted by molar-refractivity contribution is 0.0695. The van der Waals surface area contributed by atoms with Crippen LogP contribution in [0.15, 0.2) is 29.2 Å². The summed E-state index contributed by atoms with van der Waals surface area (Å²) in [4.78, 5) is 26.3. The smallest absolute Gasteiger partial charge is 0.341 e. The third kappa shape index (κ3) is 3.49. The minimum atomic E-state index is -1.53. The molecule has 0 unspecified atom stereocenters. The van der Waals surface area contributed by atoms with Gasteiger partial charge < -0.3 is 30.7 Å². The van der Waals surface area contributed by atoms with Gasteiger partial charge in [-0.2, -0.15) is 0 Å². The molecule has 32 heavy (non-hydrogen) atoms. The molecule has 4 rings (SSSR count). The van der Waals surface area contributed by atoms with Crippen LogP contribution in [0.4, 0.5) is 20.2 Å². The molecule has 0 amide bonds. The van der Waals surface area contributed by atoms with Crippen LogP contribution in [-0.4, -0.2) is 54.8 Å². The molecule has 3 aromatic rings. The molecular weight excluding hydrogens is 421 g/mol. The third-order valence-electron chi connectivity index (χ3n) is 5.54. The first-order valence-electron chi connectivity index (χ1n) is 9.80. The molecule has 0 aliphatic carbocycles. The number of fused-ring (bicyclic) bond motifs is 1. The Labute approximate surface area is 182 Å². The molecule has 1 aliphatic heterocycles. The second-order valence-corrected chi connectivity index (χ2v) is 7.46. The van der Waals surface area contributed by atoms with E-state index in [-0.39, 0.29) is 39.0 Å². The van der Waals surface area contributed by atoms with E-state index in [1.807, 2.05) is 0 Å². The maximum Gasteiger partial charge on any atom is 0.341 e. The van der Waals surface area contributed by atoms with Crippen molar-refractivity contribution in [3.63, 3.8) is 0 Å². The number of carboxylic acids is 1. The third-order valence-corrected chi connectivity index (χ3v) is 5.54. The summed E-state index contributed by atoms with van der Waals surface area (Å²) >= 11 is 0. The number of hydrogen-bond acceptors (Lipinski definition) is 6. The fourth-order valence-corrected chi connectivity index (χ4v) is 4.00. The predicted molar refractivity (Wildman–Crippen MR) is 117 cm³/mol. The van der Waals surface area contributed by atoms with Gasteiger partial charge in [-0.1, -0.05) is 0 Å². The standard InChI is InChI=1S/C21H19BF2N4O4/c22-17-18-11(6-14(24)19(17)27-3-1-26-2-4-27)20(30)12(21(31)32)8-28(18)16-7-15(25)13(23)5-10(16)9-29/h5-8,26,29H,1-4,9,25H2,(H,31,32). The lowest BCUT2D eigenvalue weighted by Crippen LogP contribution is -2.46. The zero-order valence-electron chi connectivity index (χ0n) is 16.9. The highest BCUT2D eigenvalue weighted by molar-refractivity contribution is 6.42. The fourth-order valence-electron chi connectivity index (χ4n) is 4.00. The van der Waals surface area contributed by atoms with Crippen LogP contribution in [0.2, 0.25) is 0 Å². The van der Waals surface area contributed by atoms with Crippen LogP contribution in [0.1, 0.15) is 15.9 Å². The van der Waals surface area contributed by atoms with E-state index in [1.165, 1.54) is 10.6 Å². The normalized spacial score (nSPS) is 14.2. The van der Waals surface area contributed by atoms with E-state index in [2.05, 4.69) is 5.32 Å². The number of anilines is 2. The van der Waals surface area contributed by atoms with Crippen LogP contribution >= 0.6 is 0 Å². The maximum absolute atomic E-state index is 15.1. The summed E-state index contributed by atoms with van der Waals surface area (Å²) in [7, 11) is 6.37.